The maximum atomic E-state index is 5.80. The van der Waals surface area contributed by atoms with Crippen molar-refractivity contribution in [3.63, 3.8) is 0 Å². The topological polar surface area (TPSA) is 21.3 Å². The highest BCUT2D eigenvalue weighted by atomic mass is 32.2. The first-order valence-electron chi connectivity index (χ1n) is 6.90. The van der Waals surface area contributed by atoms with Crippen LogP contribution in [0.25, 0.3) is 0 Å². The number of nitrogens with one attached hydrogen (secondary N) is 1. The Balaban J connectivity index is 1.85. The van der Waals surface area contributed by atoms with Gasteiger partial charge in [-0.05, 0) is 36.6 Å². The van der Waals surface area contributed by atoms with E-state index in [4.69, 9.17) is 4.74 Å². The van der Waals surface area contributed by atoms with Crippen LogP contribution in [-0.2, 0) is 0 Å². The first-order valence-corrected chi connectivity index (χ1v) is 8.12. The SMILES string of the molecule is CSc1ccc(NC2c3ccccc3OCC2C)cc1. The van der Waals surface area contributed by atoms with Crippen LogP contribution in [0.3, 0.4) is 0 Å². The van der Waals surface area contributed by atoms with Crippen LogP contribution in [0.2, 0.25) is 0 Å². The van der Waals surface area contributed by atoms with Gasteiger partial charge in [0.25, 0.3) is 0 Å². The van der Waals surface area contributed by atoms with E-state index in [1.54, 1.807) is 11.8 Å². The molecule has 2 nitrogen and oxygen atoms in total. The van der Waals surface area contributed by atoms with Crippen molar-refractivity contribution in [1.29, 1.82) is 0 Å². The minimum Gasteiger partial charge on any atom is -0.493 e. The second kappa shape index (κ2) is 5.80. The molecule has 3 heteroatoms. The highest BCUT2D eigenvalue weighted by Gasteiger charge is 2.27. The molecular formula is C17H19NOS. The molecule has 1 aliphatic rings. The molecular weight excluding hydrogens is 266 g/mol. The van der Waals surface area contributed by atoms with Crippen molar-refractivity contribution in [2.24, 2.45) is 5.92 Å². The number of thioether (sulfide) groups is 1. The fourth-order valence-corrected chi connectivity index (χ4v) is 2.99. The zero-order chi connectivity index (χ0) is 13.9. The molecule has 2 aromatic rings. The van der Waals surface area contributed by atoms with Gasteiger partial charge in [-0.25, -0.2) is 0 Å². The fourth-order valence-electron chi connectivity index (χ4n) is 2.58. The number of hydrogen-bond donors (Lipinski definition) is 1. The van der Waals surface area contributed by atoms with E-state index in [1.165, 1.54) is 10.5 Å². The Morgan fingerprint density at radius 3 is 2.60 bits per heavy atom. The molecule has 0 spiro atoms. The molecule has 0 fully saturated rings. The minimum absolute atomic E-state index is 0.306. The van der Waals surface area contributed by atoms with Gasteiger partial charge in [0.15, 0.2) is 0 Å². The third-order valence-electron chi connectivity index (χ3n) is 3.74. The van der Waals surface area contributed by atoms with Crippen molar-refractivity contribution in [2.75, 3.05) is 18.2 Å². The van der Waals surface area contributed by atoms with Crippen LogP contribution < -0.4 is 10.1 Å². The van der Waals surface area contributed by atoms with Gasteiger partial charge in [-0.3, -0.25) is 0 Å². The van der Waals surface area contributed by atoms with Crippen LogP contribution in [0.4, 0.5) is 5.69 Å². The molecule has 1 heterocycles. The Labute approximate surface area is 124 Å². The Morgan fingerprint density at radius 2 is 1.85 bits per heavy atom. The zero-order valence-electron chi connectivity index (χ0n) is 11.8. The number of para-hydroxylation sites is 1. The molecule has 0 aliphatic carbocycles. The molecule has 0 radical (unpaired) electrons. The third kappa shape index (κ3) is 2.63. The molecule has 104 valence electrons. The minimum atomic E-state index is 0.306. The van der Waals surface area contributed by atoms with Crippen LogP contribution in [-0.4, -0.2) is 12.9 Å². The molecule has 2 aromatic carbocycles. The van der Waals surface area contributed by atoms with Crippen molar-refractivity contribution >= 4 is 17.4 Å². The van der Waals surface area contributed by atoms with Gasteiger partial charge in [-0.15, -0.1) is 11.8 Å². The van der Waals surface area contributed by atoms with Gasteiger partial charge in [-0.1, -0.05) is 25.1 Å². The second-order valence-electron chi connectivity index (χ2n) is 5.18. The van der Waals surface area contributed by atoms with E-state index in [-0.39, 0.29) is 0 Å². The lowest BCUT2D eigenvalue weighted by Gasteiger charge is -2.32. The molecule has 3 rings (SSSR count). The van der Waals surface area contributed by atoms with Gasteiger partial charge in [0.05, 0.1) is 12.6 Å². The first kappa shape index (κ1) is 13.4. The van der Waals surface area contributed by atoms with Crippen molar-refractivity contribution in [3.8, 4) is 5.75 Å². The Bertz CT molecular complexity index is 582. The largest absolute Gasteiger partial charge is 0.493 e. The standard InChI is InChI=1S/C17H19NOS/c1-12-11-19-16-6-4-3-5-15(16)17(12)18-13-7-9-14(20-2)10-8-13/h3-10,12,17-18H,11H2,1-2H3. The summed E-state index contributed by atoms with van der Waals surface area (Å²) in [4.78, 5) is 1.29. The Kier molecular flexibility index (Phi) is 3.88. The van der Waals surface area contributed by atoms with Crippen LogP contribution in [0.15, 0.2) is 53.4 Å². The average Bonchev–Trinajstić information content (AvgIpc) is 2.51. The van der Waals surface area contributed by atoms with Crippen LogP contribution in [0.5, 0.6) is 5.75 Å². The van der Waals surface area contributed by atoms with Gasteiger partial charge >= 0.3 is 0 Å². The highest BCUT2D eigenvalue weighted by Crippen LogP contribution is 2.37. The lowest BCUT2D eigenvalue weighted by Crippen LogP contribution is -2.28. The maximum Gasteiger partial charge on any atom is 0.124 e. The number of hydrogen-bond acceptors (Lipinski definition) is 3. The monoisotopic (exact) mass is 285 g/mol. The van der Waals surface area contributed by atoms with Crippen LogP contribution in [0, 0.1) is 5.92 Å². The van der Waals surface area contributed by atoms with Gasteiger partial charge in [-0.2, -0.15) is 0 Å². The second-order valence-corrected chi connectivity index (χ2v) is 6.06. The first-order chi connectivity index (χ1) is 9.78. The van der Waals surface area contributed by atoms with Crippen LogP contribution >= 0.6 is 11.8 Å². The third-order valence-corrected chi connectivity index (χ3v) is 4.48. The summed E-state index contributed by atoms with van der Waals surface area (Å²) in [6.07, 6.45) is 2.10. The molecule has 0 saturated carbocycles. The summed E-state index contributed by atoms with van der Waals surface area (Å²) in [5.41, 5.74) is 2.41. The number of fused-ring (bicyclic) bond motifs is 1. The highest BCUT2D eigenvalue weighted by molar-refractivity contribution is 7.98. The van der Waals surface area contributed by atoms with Gasteiger partial charge in [0, 0.05) is 22.1 Å². The summed E-state index contributed by atoms with van der Waals surface area (Å²) in [5, 5.41) is 3.65. The molecule has 0 amide bonds. The maximum absolute atomic E-state index is 5.80. The number of rotatable bonds is 3. The van der Waals surface area contributed by atoms with Gasteiger partial charge < -0.3 is 10.1 Å². The zero-order valence-corrected chi connectivity index (χ0v) is 12.6. The van der Waals surface area contributed by atoms with Crippen molar-refractivity contribution in [3.05, 3.63) is 54.1 Å². The van der Waals surface area contributed by atoms with E-state index in [9.17, 15) is 0 Å². The normalized spacial score (nSPS) is 20.9. The van der Waals surface area contributed by atoms with Crippen molar-refractivity contribution < 1.29 is 4.74 Å². The summed E-state index contributed by atoms with van der Waals surface area (Å²) >= 11 is 1.76. The van der Waals surface area contributed by atoms with E-state index in [0.29, 0.717) is 12.0 Å². The van der Waals surface area contributed by atoms with E-state index < -0.39 is 0 Å². The van der Waals surface area contributed by atoms with Gasteiger partial charge in [0.2, 0.25) is 0 Å². The van der Waals surface area contributed by atoms with E-state index in [1.807, 2.05) is 12.1 Å². The smallest absolute Gasteiger partial charge is 0.124 e. The number of anilines is 1. The van der Waals surface area contributed by atoms with Crippen molar-refractivity contribution in [2.45, 2.75) is 17.9 Å². The summed E-state index contributed by atoms with van der Waals surface area (Å²) in [6.45, 7) is 2.99. The number of benzene rings is 2. The molecule has 0 bridgehead atoms. The number of ether oxygens (including phenoxy) is 1. The lowest BCUT2D eigenvalue weighted by molar-refractivity contribution is 0.214. The van der Waals surface area contributed by atoms with E-state index in [0.717, 1.165) is 18.0 Å². The van der Waals surface area contributed by atoms with E-state index >= 15 is 0 Å². The Morgan fingerprint density at radius 1 is 1.10 bits per heavy atom. The summed E-state index contributed by atoms with van der Waals surface area (Å²) < 4.78 is 5.80. The lowest BCUT2D eigenvalue weighted by atomic mass is 9.92. The molecule has 0 saturated heterocycles. The predicted octanol–water partition coefficient (Wildman–Crippen LogP) is 4.59. The summed E-state index contributed by atoms with van der Waals surface area (Å²) in [6, 6.07) is 17.2. The predicted molar refractivity (Wildman–Crippen MR) is 85.7 cm³/mol. The molecule has 20 heavy (non-hydrogen) atoms. The molecule has 1 N–H and O–H groups in total. The quantitative estimate of drug-likeness (QED) is 0.833. The molecule has 0 aromatic heterocycles. The van der Waals surface area contributed by atoms with E-state index in [2.05, 4.69) is 54.9 Å². The molecule has 2 unspecified atom stereocenters. The van der Waals surface area contributed by atoms with Gasteiger partial charge in [0.1, 0.15) is 5.75 Å². The molecule has 1 aliphatic heterocycles. The fraction of sp³-hybridized carbons (Fsp3) is 0.294. The summed E-state index contributed by atoms with van der Waals surface area (Å²) in [7, 11) is 0. The summed E-state index contributed by atoms with van der Waals surface area (Å²) in [5.74, 6) is 1.45. The molecule has 2 atom stereocenters. The average molecular weight is 285 g/mol. The van der Waals surface area contributed by atoms with Crippen LogP contribution in [0.1, 0.15) is 18.5 Å². The van der Waals surface area contributed by atoms with Crippen molar-refractivity contribution in [1.82, 2.24) is 0 Å². The Hall–Kier alpha value is -1.61.